The van der Waals surface area contributed by atoms with Crippen LogP contribution >= 0.6 is 0 Å². The number of anilines is 2. The number of aliphatic carboxylic acids is 1. The first-order chi connectivity index (χ1) is 23.9. The molecule has 4 N–H and O–H groups in total. The predicted octanol–water partition coefficient (Wildman–Crippen LogP) is 7.72. The van der Waals surface area contributed by atoms with Gasteiger partial charge in [-0.1, -0.05) is 56.3 Å². The molecule has 1 atom stereocenters. The van der Waals surface area contributed by atoms with Crippen molar-refractivity contribution in [2.24, 2.45) is 0 Å². The number of hydrogen-bond acceptors (Lipinski definition) is 8. The van der Waals surface area contributed by atoms with E-state index in [0.717, 1.165) is 42.6 Å². The molecule has 3 amide bonds. The van der Waals surface area contributed by atoms with Gasteiger partial charge in [0, 0.05) is 30.5 Å². The SMILES string of the molecule is CCCN(CCC)CC(OC(=O)NCc1cccc(NC(=O)Nc2ccc(-c3cnco3)c(OC)c2)c1)c1ccccc1.O=C(O)C(F)(F)F. The smallest absolute Gasteiger partial charge is 0.490 e. The van der Waals surface area contributed by atoms with Gasteiger partial charge in [0.1, 0.15) is 11.9 Å². The summed E-state index contributed by atoms with van der Waals surface area (Å²) in [4.78, 5) is 40.7. The van der Waals surface area contributed by atoms with Gasteiger partial charge in [0.25, 0.3) is 0 Å². The summed E-state index contributed by atoms with van der Waals surface area (Å²) in [6.45, 7) is 7.05. The van der Waals surface area contributed by atoms with E-state index in [1.54, 1.807) is 43.6 Å². The Bertz CT molecular complexity index is 1650. The van der Waals surface area contributed by atoms with E-state index in [9.17, 15) is 22.8 Å². The Labute approximate surface area is 287 Å². The van der Waals surface area contributed by atoms with Crippen LogP contribution in [0.3, 0.4) is 0 Å². The number of carboxylic acids is 1. The summed E-state index contributed by atoms with van der Waals surface area (Å²) in [6, 6.07) is 21.9. The molecule has 12 nitrogen and oxygen atoms in total. The molecule has 0 fully saturated rings. The first-order valence-corrected chi connectivity index (χ1v) is 15.7. The third-order valence-electron chi connectivity index (χ3n) is 6.95. The zero-order valence-corrected chi connectivity index (χ0v) is 27.8. The fraction of sp³-hybridized carbons (Fsp3) is 0.314. The molecular formula is C35H40F3N5O7. The van der Waals surface area contributed by atoms with Crippen LogP contribution in [0.1, 0.15) is 43.9 Å². The number of carbonyl (C=O) groups is 3. The number of nitrogens with one attached hydrogen (secondary N) is 3. The lowest BCUT2D eigenvalue weighted by atomic mass is 10.1. The molecule has 50 heavy (non-hydrogen) atoms. The molecule has 4 rings (SSSR count). The Balaban J connectivity index is 0.000000872. The highest BCUT2D eigenvalue weighted by Crippen LogP contribution is 2.32. The number of oxazole rings is 1. The number of aromatic nitrogens is 1. The van der Waals surface area contributed by atoms with E-state index >= 15 is 0 Å². The molecule has 1 heterocycles. The van der Waals surface area contributed by atoms with Crippen molar-refractivity contribution in [2.75, 3.05) is 37.4 Å². The van der Waals surface area contributed by atoms with Crippen LogP contribution in [0.15, 0.2) is 89.8 Å². The van der Waals surface area contributed by atoms with Crippen molar-refractivity contribution in [2.45, 2.75) is 45.5 Å². The molecule has 0 saturated heterocycles. The minimum Gasteiger partial charge on any atom is -0.496 e. The monoisotopic (exact) mass is 699 g/mol. The van der Waals surface area contributed by atoms with Crippen molar-refractivity contribution in [3.8, 4) is 17.1 Å². The van der Waals surface area contributed by atoms with Gasteiger partial charge in [-0.25, -0.2) is 19.4 Å². The van der Waals surface area contributed by atoms with Crippen LogP contribution in [-0.2, 0) is 16.1 Å². The molecule has 0 bridgehead atoms. The quantitative estimate of drug-likeness (QED) is 0.104. The highest BCUT2D eigenvalue weighted by Gasteiger charge is 2.38. The van der Waals surface area contributed by atoms with Crippen LogP contribution in [0, 0.1) is 0 Å². The largest absolute Gasteiger partial charge is 0.496 e. The molecule has 0 radical (unpaired) electrons. The van der Waals surface area contributed by atoms with Crippen molar-refractivity contribution >= 4 is 29.5 Å². The maximum Gasteiger partial charge on any atom is 0.490 e. The minimum atomic E-state index is -5.08. The number of methoxy groups -OCH3 is 1. The summed E-state index contributed by atoms with van der Waals surface area (Å²) in [5.74, 6) is -1.66. The second-order valence-electron chi connectivity index (χ2n) is 10.8. The lowest BCUT2D eigenvalue weighted by Crippen LogP contribution is -2.34. The van der Waals surface area contributed by atoms with E-state index < -0.39 is 24.3 Å². The molecule has 1 unspecified atom stereocenters. The highest BCUT2D eigenvalue weighted by molar-refractivity contribution is 6.00. The fourth-order valence-corrected chi connectivity index (χ4v) is 4.76. The fourth-order valence-electron chi connectivity index (χ4n) is 4.76. The van der Waals surface area contributed by atoms with Crippen LogP contribution in [0.25, 0.3) is 11.3 Å². The number of alkyl halides is 3. The number of amides is 3. The molecule has 3 aromatic carbocycles. The number of halogens is 3. The zero-order chi connectivity index (χ0) is 36.5. The Morgan fingerprint density at radius 2 is 1.60 bits per heavy atom. The molecule has 0 saturated carbocycles. The van der Waals surface area contributed by atoms with E-state index in [4.69, 9.17) is 23.8 Å². The Kier molecular flexibility index (Phi) is 15.1. The predicted molar refractivity (Wildman–Crippen MR) is 181 cm³/mol. The Morgan fingerprint density at radius 3 is 2.18 bits per heavy atom. The van der Waals surface area contributed by atoms with E-state index in [-0.39, 0.29) is 12.6 Å². The molecular weight excluding hydrogens is 659 g/mol. The average Bonchev–Trinajstić information content (AvgIpc) is 3.63. The van der Waals surface area contributed by atoms with Crippen molar-refractivity contribution in [3.05, 3.63) is 96.5 Å². The molecule has 1 aromatic heterocycles. The maximum absolute atomic E-state index is 12.9. The lowest BCUT2D eigenvalue weighted by molar-refractivity contribution is -0.192. The number of rotatable bonds is 14. The summed E-state index contributed by atoms with van der Waals surface area (Å²) in [7, 11) is 1.55. The van der Waals surface area contributed by atoms with E-state index in [1.165, 1.54) is 6.39 Å². The van der Waals surface area contributed by atoms with E-state index in [0.29, 0.717) is 29.4 Å². The lowest BCUT2D eigenvalue weighted by Gasteiger charge is -2.27. The third kappa shape index (κ3) is 12.8. The average molecular weight is 700 g/mol. The number of alkyl carbamates (subject to hydrolysis) is 1. The van der Waals surface area contributed by atoms with Crippen molar-refractivity contribution < 1.29 is 46.6 Å². The van der Waals surface area contributed by atoms with Gasteiger partial charge in [0.15, 0.2) is 12.2 Å². The van der Waals surface area contributed by atoms with Gasteiger partial charge in [-0.05, 0) is 61.3 Å². The summed E-state index contributed by atoms with van der Waals surface area (Å²) in [5.41, 5.74) is 3.61. The summed E-state index contributed by atoms with van der Waals surface area (Å²) >= 11 is 0. The molecule has 4 aromatic rings. The van der Waals surface area contributed by atoms with Gasteiger partial charge in [-0.3, -0.25) is 4.90 Å². The molecule has 0 aliphatic rings. The zero-order valence-electron chi connectivity index (χ0n) is 27.8. The summed E-state index contributed by atoms with van der Waals surface area (Å²) < 4.78 is 48.4. The van der Waals surface area contributed by atoms with Gasteiger partial charge in [0.2, 0.25) is 0 Å². The number of hydrogen-bond donors (Lipinski definition) is 4. The van der Waals surface area contributed by atoms with Gasteiger partial charge < -0.3 is 34.9 Å². The van der Waals surface area contributed by atoms with Crippen LogP contribution in [0.2, 0.25) is 0 Å². The normalized spacial score (nSPS) is 11.5. The van der Waals surface area contributed by atoms with Gasteiger partial charge in [-0.2, -0.15) is 13.2 Å². The minimum absolute atomic E-state index is 0.241. The number of ether oxygens (including phenoxy) is 2. The summed E-state index contributed by atoms with van der Waals surface area (Å²) in [5, 5.41) is 15.6. The first kappa shape index (κ1) is 38.9. The standard InChI is InChI=1S/C33H39N5O5.C2HF3O2/c1-4-16-38(17-5-2)22-31(25-11-7-6-8-12-25)43-33(40)35-20-24-10-9-13-26(18-24)36-32(39)37-27-14-15-28(29(19-27)41-3)30-21-34-23-42-30;3-2(4,5)1(6)7/h6-15,18-19,21,23,31H,4-5,16-17,20,22H2,1-3H3,(H,35,40)(H2,36,37,39);(H,6,7). The first-order valence-electron chi connectivity index (χ1n) is 15.7. The molecule has 268 valence electrons. The third-order valence-corrected chi connectivity index (χ3v) is 6.95. The number of nitrogens with zero attached hydrogens (tertiary/aromatic N) is 2. The topological polar surface area (TPSA) is 155 Å². The number of benzene rings is 3. The Morgan fingerprint density at radius 1 is 0.940 bits per heavy atom. The number of carboxylic acid groups (broad SMARTS) is 1. The van der Waals surface area contributed by atoms with Crippen LogP contribution < -0.4 is 20.7 Å². The van der Waals surface area contributed by atoms with Crippen LogP contribution in [0.5, 0.6) is 5.75 Å². The highest BCUT2D eigenvalue weighted by atomic mass is 19.4. The van der Waals surface area contributed by atoms with Gasteiger partial charge in [-0.15, -0.1) is 0 Å². The molecule has 0 spiro atoms. The van der Waals surface area contributed by atoms with Crippen LogP contribution in [0.4, 0.5) is 34.1 Å². The molecule has 0 aliphatic carbocycles. The summed E-state index contributed by atoms with van der Waals surface area (Å²) in [6.07, 6.45) is -0.978. The molecule has 15 heteroatoms. The van der Waals surface area contributed by atoms with Crippen molar-refractivity contribution in [1.82, 2.24) is 15.2 Å². The Hall–Kier alpha value is -5.57. The van der Waals surface area contributed by atoms with E-state index in [1.807, 2.05) is 42.5 Å². The van der Waals surface area contributed by atoms with E-state index in [2.05, 4.69) is 39.7 Å². The van der Waals surface area contributed by atoms with Gasteiger partial charge in [0.05, 0.1) is 18.9 Å². The van der Waals surface area contributed by atoms with Crippen molar-refractivity contribution in [1.29, 1.82) is 0 Å². The number of carbonyl (C=O) groups excluding carboxylic acids is 2. The second-order valence-corrected chi connectivity index (χ2v) is 10.8. The van der Waals surface area contributed by atoms with Crippen LogP contribution in [-0.4, -0.2) is 66.0 Å². The van der Waals surface area contributed by atoms with Crippen molar-refractivity contribution in [3.63, 3.8) is 0 Å². The second kappa shape index (κ2) is 19.4. The maximum atomic E-state index is 12.9. The molecule has 0 aliphatic heterocycles. The number of urea groups is 1. The van der Waals surface area contributed by atoms with Gasteiger partial charge >= 0.3 is 24.3 Å².